The van der Waals surface area contributed by atoms with Crippen LogP contribution in [0.5, 0.6) is 0 Å². The second kappa shape index (κ2) is 11.4. The van der Waals surface area contributed by atoms with Crippen molar-refractivity contribution in [1.82, 2.24) is 0 Å². The highest BCUT2D eigenvalue weighted by Crippen LogP contribution is 2.68. The Bertz CT molecular complexity index is 1250. The molecule has 5 rings (SSSR count). The summed E-state index contributed by atoms with van der Waals surface area (Å²) < 4.78 is 0. The lowest BCUT2D eigenvalue weighted by atomic mass is 9.46. The van der Waals surface area contributed by atoms with E-state index in [2.05, 4.69) is 40.7 Å². The zero-order valence-corrected chi connectivity index (χ0v) is 25.9. The van der Waals surface area contributed by atoms with Crippen LogP contribution in [0.3, 0.4) is 0 Å². The van der Waals surface area contributed by atoms with E-state index in [1.165, 1.54) is 50.5 Å². The highest BCUT2D eigenvalue weighted by Gasteiger charge is 2.59. The first kappa shape index (κ1) is 30.7. The molecule has 0 heterocycles. The molecule has 0 saturated heterocycles. The molecule has 3 saturated carbocycles. The number of allylic oxidation sites excluding steroid dienone is 2. The average Bonchev–Trinajstić information content (AvgIpc) is 3.28. The summed E-state index contributed by atoms with van der Waals surface area (Å²) in [6.45, 7) is 12.1. The minimum Gasteiger partial charge on any atom is -0.478 e. The predicted molar refractivity (Wildman–Crippen MR) is 162 cm³/mol. The maximum Gasteiger partial charge on any atom is 0.336 e. The Kier molecular flexibility index (Phi) is 8.31. The van der Waals surface area contributed by atoms with Crippen LogP contribution in [0.2, 0.25) is 0 Å². The number of nitrogens with zero attached hydrogens (tertiary/aromatic N) is 2. The van der Waals surface area contributed by atoms with Crippen molar-refractivity contribution in [3.63, 3.8) is 0 Å². The molecular weight excluding hydrogens is 532 g/mol. The van der Waals surface area contributed by atoms with Gasteiger partial charge in [-0.25, -0.2) is 4.79 Å². The lowest BCUT2D eigenvalue weighted by molar-refractivity contribution is -0.394. The molecule has 0 aromatic heterocycles. The first-order chi connectivity index (χ1) is 19.8. The number of carbonyl (C=O) groups is 1. The van der Waals surface area contributed by atoms with E-state index in [-0.39, 0.29) is 22.5 Å². The van der Waals surface area contributed by atoms with Crippen molar-refractivity contribution in [2.75, 3.05) is 0 Å². The molecule has 1 aromatic carbocycles. The number of nitro groups is 2. The minimum absolute atomic E-state index is 0.0145. The second-order valence-corrected chi connectivity index (χ2v) is 15.0. The van der Waals surface area contributed by atoms with E-state index in [4.69, 9.17) is 0 Å². The summed E-state index contributed by atoms with van der Waals surface area (Å²) in [7, 11) is 0. The van der Waals surface area contributed by atoms with Gasteiger partial charge in [-0.1, -0.05) is 65.5 Å². The van der Waals surface area contributed by atoms with Crippen LogP contribution in [0, 0.1) is 66.6 Å². The fourth-order valence-electron chi connectivity index (χ4n) is 10.4. The monoisotopic (exact) mass is 580 g/mol. The number of hydrogen-bond acceptors (Lipinski definition) is 5. The van der Waals surface area contributed by atoms with E-state index in [9.17, 15) is 30.1 Å². The van der Waals surface area contributed by atoms with Gasteiger partial charge in [-0.3, -0.25) is 20.2 Å². The van der Waals surface area contributed by atoms with Crippen molar-refractivity contribution in [2.45, 2.75) is 111 Å². The van der Waals surface area contributed by atoms with Gasteiger partial charge in [0.2, 0.25) is 0 Å². The number of non-ortho nitro benzene ring substituents is 1. The van der Waals surface area contributed by atoms with Crippen molar-refractivity contribution >= 4 is 17.3 Å². The van der Waals surface area contributed by atoms with Crippen molar-refractivity contribution in [3.8, 4) is 0 Å². The molecule has 1 N–H and O–H groups in total. The molecule has 0 radical (unpaired) electrons. The number of aromatic carboxylic acids is 1. The van der Waals surface area contributed by atoms with Crippen LogP contribution in [0.1, 0.15) is 127 Å². The highest BCUT2D eigenvalue weighted by molar-refractivity contribution is 5.92. The van der Waals surface area contributed by atoms with Crippen LogP contribution < -0.4 is 0 Å². The number of carboxylic acid groups (broad SMARTS) is 1. The fourth-order valence-corrected chi connectivity index (χ4v) is 10.4. The normalized spacial score (nSPS) is 34.6. The quantitative estimate of drug-likeness (QED) is 0.176. The van der Waals surface area contributed by atoms with Gasteiger partial charge >= 0.3 is 5.97 Å². The Morgan fingerprint density at radius 2 is 1.74 bits per heavy atom. The summed E-state index contributed by atoms with van der Waals surface area (Å²) in [4.78, 5) is 34.2. The molecular formula is C34H48N2O6. The zero-order valence-electron chi connectivity index (χ0n) is 25.9. The smallest absolute Gasteiger partial charge is 0.336 e. The van der Waals surface area contributed by atoms with Crippen molar-refractivity contribution in [2.24, 2.45) is 46.3 Å². The molecule has 8 nitrogen and oxygen atoms in total. The number of rotatable bonds is 9. The summed E-state index contributed by atoms with van der Waals surface area (Å²) in [5.74, 6) is 2.59. The van der Waals surface area contributed by atoms with Crippen molar-refractivity contribution in [1.29, 1.82) is 0 Å². The molecule has 1 aromatic rings. The van der Waals surface area contributed by atoms with E-state index < -0.39 is 27.2 Å². The molecule has 0 spiro atoms. The first-order valence-electron chi connectivity index (χ1n) is 16.2. The van der Waals surface area contributed by atoms with Crippen LogP contribution in [0.25, 0.3) is 0 Å². The lowest BCUT2D eigenvalue weighted by Crippen LogP contribution is -2.50. The van der Waals surface area contributed by atoms with Gasteiger partial charge in [0.05, 0.1) is 21.5 Å². The molecule has 4 aliphatic rings. The van der Waals surface area contributed by atoms with Gasteiger partial charge in [-0.15, -0.1) is 0 Å². The van der Waals surface area contributed by atoms with Crippen molar-refractivity contribution in [3.05, 3.63) is 55.1 Å². The van der Waals surface area contributed by atoms with Gasteiger partial charge in [0.15, 0.2) is 0 Å². The number of benzene rings is 1. The fraction of sp³-hybridized carbons (Fsp3) is 0.735. The van der Waals surface area contributed by atoms with Gasteiger partial charge in [0.25, 0.3) is 11.4 Å². The van der Waals surface area contributed by atoms with Crippen LogP contribution in [0.4, 0.5) is 11.4 Å². The number of nitro benzene ring substituents is 2. The summed E-state index contributed by atoms with van der Waals surface area (Å²) in [5, 5.41) is 33.4. The Hall–Kier alpha value is -2.77. The van der Waals surface area contributed by atoms with E-state index in [1.807, 2.05) is 0 Å². The van der Waals surface area contributed by atoms with Gasteiger partial charge in [0.1, 0.15) is 0 Å². The number of hydrogen-bond donors (Lipinski definition) is 1. The Labute approximate surface area is 249 Å². The largest absolute Gasteiger partial charge is 0.478 e. The van der Waals surface area contributed by atoms with Crippen LogP contribution >= 0.6 is 0 Å². The third kappa shape index (κ3) is 5.17. The van der Waals surface area contributed by atoms with Crippen LogP contribution in [0.15, 0.2) is 23.8 Å². The van der Waals surface area contributed by atoms with E-state index in [0.717, 1.165) is 48.6 Å². The molecule has 0 amide bonds. The SMILES string of the molecule is CC(C)CCC[C@@H](C)[C@H]1CC[C@H]2[C@@H]3CC=C4C[C@@H](c5c(C(=O)O)cc([N+](=O)[O-])cc5[N+](=O)[O-])CC[C@]4(C)[C@H]3CC[C@]12C. The van der Waals surface area contributed by atoms with Crippen molar-refractivity contribution < 1.29 is 19.7 Å². The Balaban J connectivity index is 1.39. The maximum atomic E-state index is 12.2. The van der Waals surface area contributed by atoms with E-state index in [1.54, 1.807) is 0 Å². The summed E-state index contributed by atoms with van der Waals surface area (Å²) in [6, 6.07) is 1.93. The molecule has 0 unspecified atom stereocenters. The predicted octanol–water partition coefficient (Wildman–Crippen LogP) is 9.33. The highest BCUT2D eigenvalue weighted by atomic mass is 16.6. The third-order valence-corrected chi connectivity index (χ3v) is 12.5. The molecule has 42 heavy (non-hydrogen) atoms. The minimum atomic E-state index is -1.36. The third-order valence-electron chi connectivity index (χ3n) is 12.5. The average molecular weight is 581 g/mol. The van der Waals surface area contributed by atoms with E-state index >= 15 is 0 Å². The lowest BCUT2D eigenvalue weighted by Gasteiger charge is -2.58. The molecule has 0 bridgehead atoms. The van der Waals surface area contributed by atoms with Gasteiger partial charge in [0, 0.05) is 11.6 Å². The van der Waals surface area contributed by atoms with Gasteiger partial charge < -0.3 is 5.11 Å². The summed E-state index contributed by atoms with van der Waals surface area (Å²) >= 11 is 0. The second-order valence-electron chi connectivity index (χ2n) is 15.0. The number of carboxylic acids is 1. The number of fused-ring (bicyclic) bond motifs is 5. The Morgan fingerprint density at radius 3 is 2.38 bits per heavy atom. The topological polar surface area (TPSA) is 124 Å². The molecule has 8 atom stereocenters. The first-order valence-corrected chi connectivity index (χ1v) is 16.2. The molecule has 0 aliphatic heterocycles. The van der Waals surface area contributed by atoms with Gasteiger partial charge in [-0.2, -0.15) is 0 Å². The van der Waals surface area contributed by atoms with Crippen LogP contribution in [-0.4, -0.2) is 20.9 Å². The van der Waals surface area contributed by atoms with E-state index in [0.29, 0.717) is 30.1 Å². The Morgan fingerprint density at radius 1 is 1.00 bits per heavy atom. The maximum absolute atomic E-state index is 12.2. The molecule has 4 aliphatic carbocycles. The summed E-state index contributed by atoms with van der Waals surface area (Å²) in [5.41, 5.74) is 0.545. The van der Waals surface area contributed by atoms with Crippen LogP contribution in [-0.2, 0) is 0 Å². The molecule has 8 heteroatoms. The summed E-state index contributed by atoms with van der Waals surface area (Å²) in [6.07, 6.45) is 14.6. The zero-order chi connectivity index (χ0) is 30.6. The van der Waals surface area contributed by atoms with Gasteiger partial charge in [-0.05, 0) is 104 Å². The molecule has 230 valence electrons. The molecule has 3 fully saturated rings. The standard InChI is InChI=1S/C34H48N2O6/c1-20(2)7-6-8-21(3)27-11-12-28-25-10-9-23-17-22(13-15-33(23,4)29(25)14-16-34(27,28)5)31-26(32(37)38)18-24(35(39)40)19-30(31)36(41)42/h9,18-22,25,27-29H,6-8,10-17H2,1-5H3,(H,37,38)/t21-,22+,25+,27-,28+,29+,33+,34-/m1/s1.